The van der Waals surface area contributed by atoms with Crippen LogP contribution in [0.1, 0.15) is 85.5 Å². The van der Waals surface area contributed by atoms with Crippen molar-refractivity contribution in [3.05, 3.63) is 0 Å². The van der Waals surface area contributed by atoms with Crippen LogP contribution in [-0.4, -0.2) is 12.1 Å². The number of hydrogen-bond donors (Lipinski definition) is 1. The summed E-state index contributed by atoms with van der Waals surface area (Å²) in [7, 11) is 0. The van der Waals surface area contributed by atoms with Gasteiger partial charge in [-0.2, -0.15) is 0 Å². The standard InChI is InChI=1S/C17H35N/c1-5-8-16-9-7-10-17(12-11-16)18-15(4)13-14(3)6-2/h14-18H,5-13H2,1-4H3. The molecule has 0 bridgehead atoms. The summed E-state index contributed by atoms with van der Waals surface area (Å²) < 4.78 is 0. The zero-order valence-electron chi connectivity index (χ0n) is 13.2. The van der Waals surface area contributed by atoms with E-state index in [9.17, 15) is 0 Å². The molecule has 1 saturated carbocycles. The summed E-state index contributed by atoms with van der Waals surface area (Å²) in [4.78, 5) is 0. The van der Waals surface area contributed by atoms with Crippen LogP contribution in [0.3, 0.4) is 0 Å². The lowest BCUT2D eigenvalue weighted by molar-refractivity contribution is 0.348. The highest BCUT2D eigenvalue weighted by atomic mass is 14.9. The van der Waals surface area contributed by atoms with Gasteiger partial charge >= 0.3 is 0 Å². The van der Waals surface area contributed by atoms with Crippen LogP contribution in [0, 0.1) is 11.8 Å². The van der Waals surface area contributed by atoms with E-state index in [4.69, 9.17) is 0 Å². The van der Waals surface area contributed by atoms with Gasteiger partial charge < -0.3 is 5.32 Å². The first-order valence-corrected chi connectivity index (χ1v) is 8.41. The summed E-state index contributed by atoms with van der Waals surface area (Å²) in [6, 6.07) is 1.50. The van der Waals surface area contributed by atoms with Gasteiger partial charge in [0.2, 0.25) is 0 Å². The van der Waals surface area contributed by atoms with Crippen LogP contribution < -0.4 is 5.32 Å². The second kappa shape index (κ2) is 8.96. The molecule has 0 saturated heterocycles. The molecule has 1 aliphatic rings. The summed E-state index contributed by atoms with van der Waals surface area (Å²) in [5, 5.41) is 3.89. The largest absolute Gasteiger partial charge is 0.311 e. The molecular weight excluding hydrogens is 218 g/mol. The van der Waals surface area contributed by atoms with Crippen LogP contribution in [0.4, 0.5) is 0 Å². The van der Waals surface area contributed by atoms with Gasteiger partial charge in [0.05, 0.1) is 0 Å². The van der Waals surface area contributed by atoms with Crippen molar-refractivity contribution in [2.45, 2.75) is 97.6 Å². The van der Waals surface area contributed by atoms with Crippen molar-refractivity contribution >= 4 is 0 Å². The molecule has 0 radical (unpaired) electrons. The Bertz CT molecular complexity index is 202. The molecule has 18 heavy (non-hydrogen) atoms. The van der Waals surface area contributed by atoms with Gasteiger partial charge in [-0.1, -0.05) is 52.9 Å². The zero-order chi connectivity index (χ0) is 13.4. The van der Waals surface area contributed by atoms with Crippen molar-refractivity contribution in [1.29, 1.82) is 0 Å². The molecule has 0 aromatic rings. The van der Waals surface area contributed by atoms with Crippen LogP contribution in [0.15, 0.2) is 0 Å². The fourth-order valence-corrected chi connectivity index (χ4v) is 3.48. The first-order chi connectivity index (χ1) is 8.65. The topological polar surface area (TPSA) is 12.0 Å². The fraction of sp³-hybridized carbons (Fsp3) is 1.00. The minimum atomic E-state index is 0.702. The van der Waals surface area contributed by atoms with E-state index in [0.29, 0.717) is 6.04 Å². The van der Waals surface area contributed by atoms with Crippen molar-refractivity contribution in [2.24, 2.45) is 11.8 Å². The highest BCUT2D eigenvalue weighted by Crippen LogP contribution is 2.27. The Balaban J connectivity index is 2.26. The van der Waals surface area contributed by atoms with E-state index >= 15 is 0 Å². The van der Waals surface area contributed by atoms with Crippen LogP contribution in [0.25, 0.3) is 0 Å². The minimum Gasteiger partial charge on any atom is -0.311 e. The van der Waals surface area contributed by atoms with Crippen molar-refractivity contribution in [2.75, 3.05) is 0 Å². The van der Waals surface area contributed by atoms with Gasteiger partial charge in [-0.25, -0.2) is 0 Å². The lowest BCUT2D eigenvalue weighted by Gasteiger charge is -2.24. The molecule has 0 aliphatic heterocycles. The number of nitrogens with one attached hydrogen (secondary N) is 1. The van der Waals surface area contributed by atoms with Crippen molar-refractivity contribution in [3.63, 3.8) is 0 Å². The van der Waals surface area contributed by atoms with Crippen LogP contribution >= 0.6 is 0 Å². The van der Waals surface area contributed by atoms with Crippen LogP contribution in [-0.2, 0) is 0 Å². The third-order valence-corrected chi connectivity index (χ3v) is 4.76. The average Bonchev–Trinajstić information content (AvgIpc) is 2.55. The second-order valence-corrected chi connectivity index (χ2v) is 6.68. The average molecular weight is 253 g/mol. The monoisotopic (exact) mass is 253 g/mol. The lowest BCUT2D eigenvalue weighted by atomic mass is 9.95. The van der Waals surface area contributed by atoms with E-state index < -0.39 is 0 Å². The van der Waals surface area contributed by atoms with Gasteiger partial charge in [0.15, 0.2) is 0 Å². The predicted octanol–water partition coefficient (Wildman–Crippen LogP) is 5.15. The molecule has 0 aromatic carbocycles. The number of rotatable bonds is 7. The quantitative estimate of drug-likeness (QED) is 0.619. The van der Waals surface area contributed by atoms with E-state index in [1.165, 1.54) is 57.8 Å². The van der Waals surface area contributed by atoms with Crippen molar-refractivity contribution in [1.82, 2.24) is 5.32 Å². The van der Waals surface area contributed by atoms with E-state index in [0.717, 1.165) is 17.9 Å². The molecule has 1 rings (SSSR count). The molecule has 4 atom stereocenters. The van der Waals surface area contributed by atoms with Gasteiger partial charge in [0, 0.05) is 12.1 Å². The summed E-state index contributed by atoms with van der Waals surface area (Å²) in [5.74, 6) is 1.89. The molecular formula is C17H35N. The molecule has 1 N–H and O–H groups in total. The summed E-state index contributed by atoms with van der Waals surface area (Å²) in [6.07, 6.45) is 12.7. The predicted molar refractivity (Wildman–Crippen MR) is 81.9 cm³/mol. The molecule has 1 nitrogen and oxygen atoms in total. The smallest absolute Gasteiger partial charge is 0.00696 e. The van der Waals surface area contributed by atoms with Crippen LogP contribution in [0.5, 0.6) is 0 Å². The summed E-state index contributed by atoms with van der Waals surface area (Å²) >= 11 is 0. The third kappa shape index (κ3) is 6.22. The maximum absolute atomic E-state index is 3.89. The Labute approximate surface area is 115 Å². The van der Waals surface area contributed by atoms with Crippen molar-refractivity contribution < 1.29 is 0 Å². The fourth-order valence-electron chi connectivity index (χ4n) is 3.48. The van der Waals surface area contributed by atoms with E-state index in [2.05, 4.69) is 33.0 Å². The van der Waals surface area contributed by atoms with E-state index in [-0.39, 0.29) is 0 Å². The second-order valence-electron chi connectivity index (χ2n) is 6.68. The summed E-state index contributed by atoms with van der Waals surface area (Å²) in [5.41, 5.74) is 0. The van der Waals surface area contributed by atoms with Gasteiger partial charge in [0.1, 0.15) is 0 Å². The molecule has 1 fully saturated rings. The molecule has 0 heterocycles. The maximum atomic E-state index is 3.89. The van der Waals surface area contributed by atoms with E-state index in [1.807, 2.05) is 0 Å². The molecule has 0 spiro atoms. The maximum Gasteiger partial charge on any atom is 0.00696 e. The van der Waals surface area contributed by atoms with Gasteiger partial charge in [-0.3, -0.25) is 0 Å². The van der Waals surface area contributed by atoms with E-state index in [1.54, 1.807) is 0 Å². The molecule has 108 valence electrons. The molecule has 4 unspecified atom stereocenters. The zero-order valence-corrected chi connectivity index (χ0v) is 13.2. The molecule has 0 amide bonds. The minimum absolute atomic E-state index is 0.702. The first-order valence-electron chi connectivity index (χ1n) is 8.41. The molecule has 0 aromatic heterocycles. The highest BCUT2D eigenvalue weighted by molar-refractivity contribution is 4.78. The Morgan fingerprint density at radius 1 is 1.06 bits per heavy atom. The SMILES string of the molecule is CCCC1CCCC(NC(C)CC(C)CC)CC1. The highest BCUT2D eigenvalue weighted by Gasteiger charge is 2.19. The van der Waals surface area contributed by atoms with Gasteiger partial charge in [0.25, 0.3) is 0 Å². The Morgan fingerprint density at radius 3 is 2.50 bits per heavy atom. The molecule has 1 aliphatic carbocycles. The lowest BCUT2D eigenvalue weighted by Crippen LogP contribution is -2.37. The van der Waals surface area contributed by atoms with Crippen molar-refractivity contribution in [3.8, 4) is 0 Å². The third-order valence-electron chi connectivity index (χ3n) is 4.76. The summed E-state index contributed by atoms with van der Waals surface area (Å²) in [6.45, 7) is 9.39. The number of hydrogen-bond acceptors (Lipinski definition) is 1. The Morgan fingerprint density at radius 2 is 1.83 bits per heavy atom. The molecule has 1 heteroatoms. The van der Waals surface area contributed by atoms with Crippen LogP contribution in [0.2, 0.25) is 0 Å². The van der Waals surface area contributed by atoms with Gasteiger partial charge in [-0.15, -0.1) is 0 Å². The Hall–Kier alpha value is -0.0400. The normalized spacial score (nSPS) is 28.7. The van der Waals surface area contributed by atoms with Gasteiger partial charge in [-0.05, 0) is 44.4 Å². The first kappa shape index (κ1) is 16.0. The Kier molecular flexibility index (Phi) is 7.97.